The number of benzene rings is 1. The van der Waals surface area contributed by atoms with Crippen molar-refractivity contribution in [2.75, 3.05) is 7.11 Å². The Bertz CT molecular complexity index is 462. The summed E-state index contributed by atoms with van der Waals surface area (Å²) >= 11 is 0. The first kappa shape index (κ1) is 9.02. The molecular weight excluding hydrogens is 178 g/mol. The summed E-state index contributed by atoms with van der Waals surface area (Å²) in [5.74, 6) is 0.823. The van der Waals surface area contributed by atoms with Crippen molar-refractivity contribution in [3.05, 3.63) is 23.9 Å². The minimum Gasteiger partial charge on any atom is -0.496 e. The molecule has 1 heterocycles. The van der Waals surface area contributed by atoms with Crippen LogP contribution >= 0.6 is 0 Å². The highest BCUT2D eigenvalue weighted by atomic mass is 16.5. The Morgan fingerprint density at radius 3 is 2.93 bits per heavy atom. The molecule has 0 fully saturated rings. The SMILES string of the molecule is COc1cc2c(cnn2C)cc1CN. The van der Waals surface area contributed by atoms with Crippen LogP contribution in [0.2, 0.25) is 0 Å². The van der Waals surface area contributed by atoms with Crippen LogP contribution in [-0.2, 0) is 13.6 Å². The van der Waals surface area contributed by atoms with Gasteiger partial charge in [-0.3, -0.25) is 4.68 Å². The van der Waals surface area contributed by atoms with Crippen molar-refractivity contribution < 1.29 is 4.74 Å². The Hall–Kier alpha value is -1.55. The van der Waals surface area contributed by atoms with Crippen molar-refractivity contribution in [3.63, 3.8) is 0 Å². The van der Waals surface area contributed by atoms with Crippen LogP contribution in [0.1, 0.15) is 5.56 Å². The third-order valence-corrected chi connectivity index (χ3v) is 2.37. The Morgan fingerprint density at radius 2 is 2.29 bits per heavy atom. The molecule has 0 atom stereocenters. The molecule has 0 saturated carbocycles. The van der Waals surface area contributed by atoms with Gasteiger partial charge in [0.1, 0.15) is 5.75 Å². The van der Waals surface area contributed by atoms with Crippen LogP contribution in [-0.4, -0.2) is 16.9 Å². The highest BCUT2D eigenvalue weighted by molar-refractivity contribution is 5.81. The van der Waals surface area contributed by atoms with Crippen LogP contribution in [0.3, 0.4) is 0 Å². The number of nitrogens with two attached hydrogens (primary N) is 1. The highest BCUT2D eigenvalue weighted by Gasteiger charge is 2.06. The maximum atomic E-state index is 5.62. The summed E-state index contributed by atoms with van der Waals surface area (Å²) in [6.45, 7) is 0.480. The van der Waals surface area contributed by atoms with E-state index in [1.165, 1.54) is 0 Å². The number of rotatable bonds is 2. The summed E-state index contributed by atoms with van der Waals surface area (Å²) in [5, 5.41) is 5.26. The highest BCUT2D eigenvalue weighted by Crippen LogP contribution is 2.24. The van der Waals surface area contributed by atoms with E-state index in [1.807, 2.05) is 30.1 Å². The number of aromatic nitrogens is 2. The number of methoxy groups -OCH3 is 1. The van der Waals surface area contributed by atoms with Gasteiger partial charge in [-0.2, -0.15) is 5.10 Å². The number of ether oxygens (including phenoxy) is 1. The minimum absolute atomic E-state index is 0.480. The predicted molar refractivity (Wildman–Crippen MR) is 55.2 cm³/mol. The lowest BCUT2D eigenvalue weighted by Gasteiger charge is -2.06. The molecule has 0 spiro atoms. The fourth-order valence-electron chi connectivity index (χ4n) is 1.58. The third-order valence-electron chi connectivity index (χ3n) is 2.37. The standard InChI is InChI=1S/C10H13N3O/c1-13-9-4-10(14-2)7(5-11)3-8(9)6-12-13/h3-4,6H,5,11H2,1-2H3. The second-order valence-corrected chi connectivity index (χ2v) is 3.20. The van der Waals surface area contributed by atoms with Crippen LogP contribution in [0, 0.1) is 0 Å². The fourth-order valence-corrected chi connectivity index (χ4v) is 1.58. The van der Waals surface area contributed by atoms with E-state index in [0.29, 0.717) is 6.54 Å². The molecule has 2 aromatic rings. The van der Waals surface area contributed by atoms with Crippen LogP contribution in [0.15, 0.2) is 18.3 Å². The summed E-state index contributed by atoms with van der Waals surface area (Å²) in [6.07, 6.45) is 1.83. The van der Waals surface area contributed by atoms with Crippen LogP contribution in [0.4, 0.5) is 0 Å². The fraction of sp³-hybridized carbons (Fsp3) is 0.300. The summed E-state index contributed by atoms with van der Waals surface area (Å²) in [7, 11) is 3.56. The molecule has 0 aliphatic heterocycles. The van der Waals surface area contributed by atoms with E-state index >= 15 is 0 Å². The molecule has 0 saturated heterocycles. The van der Waals surface area contributed by atoms with E-state index in [9.17, 15) is 0 Å². The van der Waals surface area contributed by atoms with Gasteiger partial charge in [-0.1, -0.05) is 0 Å². The summed E-state index contributed by atoms with van der Waals surface area (Å²) in [5.41, 5.74) is 7.68. The van der Waals surface area contributed by atoms with Crippen molar-refractivity contribution in [2.45, 2.75) is 6.54 Å². The zero-order chi connectivity index (χ0) is 10.1. The first-order valence-electron chi connectivity index (χ1n) is 4.45. The second-order valence-electron chi connectivity index (χ2n) is 3.20. The molecular formula is C10H13N3O. The molecule has 0 bridgehead atoms. The topological polar surface area (TPSA) is 53.1 Å². The second kappa shape index (κ2) is 3.31. The maximum absolute atomic E-state index is 5.62. The average Bonchev–Trinajstić information content (AvgIpc) is 2.58. The van der Waals surface area contributed by atoms with Crippen molar-refractivity contribution in [3.8, 4) is 5.75 Å². The number of hydrogen-bond donors (Lipinski definition) is 1. The normalized spacial score (nSPS) is 10.8. The van der Waals surface area contributed by atoms with Gasteiger partial charge < -0.3 is 10.5 Å². The minimum atomic E-state index is 0.480. The lowest BCUT2D eigenvalue weighted by Crippen LogP contribution is -2.00. The molecule has 0 radical (unpaired) electrons. The smallest absolute Gasteiger partial charge is 0.125 e. The van der Waals surface area contributed by atoms with Gasteiger partial charge in [0.25, 0.3) is 0 Å². The van der Waals surface area contributed by atoms with Gasteiger partial charge in [-0.05, 0) is 6.07 Å². The first-order valence-corrected chi connectivity index (χ1v) is 4.45. The van der Waals surface area contributed by atoms with E-state index in [4.69, 9.17) is 10.5 Å². The maximum Gasteiger partial charge on any atom is 0.125 e. The van der Waals surface area contributed by atoms with Gasteiger partial charge >= 0.3 is 0 Å². The Labute approximate surface area is 82.3 Å². The number of aryl methyl sites for hydroxylation is 1. The molecule has 0 unspecified atom stereocenters. The van der Waals surface area contributed by atoms with E-state index in [1.54, 1.807) is 7.11 Å². The zero-order valence-corrected chi connectivity index (χ0v) is 8.32. The molecule has 0 aliphatic rings. The van der Waals surface area contributed by atoms with Crippen molar-refractivity contribution in [1.82, 2.24) is 9.78 Å². The summed E-state index contributed by atoms with van der Waals surface area (Å²) < 4.78 is 7.07. The van der Waals surface area contributed by atoms with Crippen LogP contribution in [0.25, 0.3) is 10.9 Å². The molecule has 4 heteroatoms. The van der Waals surface area contributed by atoms with Crippen LogP contribution < -0.4 is 10.5 Å². The monoisotopic (exact) mass is 191 g/mol. The quantitative estimate of drug-likeness (QED) is 0.771. The van der Waals surface area contributed by atoms with Gasteiger partial charge in [0, 0.05) is 30.6 Å². The first-order chi connectivity index (χ1) is 6.76. The van der Waals surface area contributed by atoms with Crippen LogP contribution in [0.5, 0.6) is 5.75 Å². The van der Waals surface area contributed by atoms with Gasteiger partial charge in [0.2, 0.25) is 0 Å². The number of nitrogens with zero attached hydrogens (tertiary/aromatic N) is 2. The predicted octanol–water partition coefficient (Wildman–Crippen LogP) is 1.04. The molecule has 2 rings (SSSR count). The molecule has 4 nitrogen and oxygen atoms in total. The lowest BCUT2D eigenvalue weighted by molar-refractivity contribution is 0.410. The molecule has 1 aromatic carbocycles. The number of hydrogen-bond acceptors (Lipinski definition) is 3. The van der Waals surface area contributed by atoms with Gasteiger partial charge in [0.05, 0.1) is 18.8 Å². The summed E-state index contributed by atoms with van der Waals surface area (Å²) in [4.78, 5) is 0. The van der Waals surface area contributed by atoms with E-state index in [2.05, 4.69) is 5.10 Å². The van der Waals surface area contributed by atoms with Gasteiger partial charge in [-0.15, -0.1) is 0 Å². The Kier molecular flexibility index (Phi) is 2.13. The molecule has 1 aromatic heterocycles. The molecule has 2 N–H and O–H groups in total. The van der Waals surface area contributed by atoms with E-state index in [0.717, 1.165) is 22.2 Å². The third kappa shape index (κ3) is 1.24. The Balaban J connectivity index is 2.71. The van der Waals surface area contributed by atoms with E-state index < -0.39 is 0 Å². The van der Waals surface area contributed by atoms with Crippen molar-refractivity contribution in [2.24, 2.45) is 12.8 Å². The van der Waals surface area contributed by atoms with Gasteiger partial charge in [-0.25, -0.2) is 0 Å². The van der Waals surface area contributed by atoms with Gasteiger partial charge in [0.15, 0.2) is 0 Å². The molecule has 14 heavy (non-hydrogen) atoms. The zero-order valence-electron chi connectivity index (χ0n) is 8.32. The average molecular weight is 191 g/mol. The molecule has 74 valence electrons. The largest absolute Gasteiger partial charge is 0.496 e. The van der Waals surface area contributed by atoms with E-state index in [-0.39, 0.29) is 0 Å². The molecule has 0 amide bonds. The lowest BCUT2D eigenvalue weighted by atomic mass is 10.1. The Morgan fingerprint density at radius 1 is 1.50 bits per heavy atom. The van der Waals surface area contributed by atoms with Crippen molar-refractivity contribution >= 4 is 10.9 Å². The molecule has 0 aliphatic carbocycles. The van der Waals surface area contributed by atoms with Crippen molar-refractivity contribution in [1.29, 1.82) is 0 Å². The summed E-state index contributed by atoms with van der Waals surface area (Å²) in [6, 6.07) is 3.98. The number of fused-ring (bicyclic) bond motifs is 1.